The van der Waals surface area contributed by atoms with Gasteiger partial charge in [-0.05, 0) is 43.9 Å². The normalized spacial score (nSPS) is 12.6. The molecule has 28 heavy (non-hydrogen) atoms. The topological polar surface area (TPSA) is 60.7 Å². The van der Waals surface area contributed by atoms with Crippen LogP contribution in [0.4, 0.5) is 0 Å². The Morgan fingerprint density at radius 2 is 1.36 bits per heavy atom. The molecule has 0 amide bonds. The van der Waals surface area contributed by atoms with Crippen LogP contribution in [0.15, 0.2) is 30.4 Å². The van der Waals surface area contributed by atoms with Gasteiger partial charge >= 0.3 is 0 Å². The van der Waals surface area contributed by atoms with Crippen LogP contribution in [-0.2, 0) is 6.42 Å². The number of phenols is 2. The van der Waals surface area contributed by atoms with Crippen molar-refractivity contribution in [3.63, 3.8) is 0 Å². The Balaban J connectivity index is 1.90. The fraction of sp³-hybridized carbons (Fsp3) is 0.680. The maximum atomic E-state index is 10.1. The van der Waals surface area contributed by atoms with E-state index in [1.807, 2.05) is 0 Å². The molecule has 3 nitrogen and oxygen atoms in total. The second kappa shape index (κ2) is 16.5. The number of hydrogen-bond acceptors (Lipinski definition) is 3. The predicted octanol–water partition coefficient (Wildman–Crippen LogP) is 7.04. The lowest BCUT2D eigenvalue weighted by atomic mass is 10.0. The summed E-state index contributed by atoms with van der Waals surface area (Å²) in [5.74, 6) is 0.271. The average Bonchev–Trinajstić information content (AvgIpc) is 2.67. The molecule has 0 aliphatic carbocycles. The number of allylic oxidation sites excluding steroid dienone is 2. The molecule has 1 rings (SSSR count). The van der Waals surface area contributed by atoms with Crippen LogP contribution in [0.25, 0.3) is 0 Å². The van der Waals surface area contributed by atoms with E-state index in [1.165, 1.54) is 88.8 Å². The number of benzene rings is 1. The fourth-order valence-corrected chi connectivity index (χ4v) is 3.53. The summed E-state index contributed by atoms with van der Waals surface area (Å²) >= 11 is 0. The maximum absolute atomic E-state index is 10.1. The van der Waals surface area contributed by atoms with Crippen molar-refractivity contribution in [1.82, 2.24) is 0 Å². The number of aromatic hydroxyl groups is 2. The molecule has 1 aromatic rings. The van der Waals surface area contributed by atoms with Crippen LogP contribution in [0.2, 0.25) is 0 Å². The molecule has 0 saturated heterocycles. The van der Waals surface area contributed by atoms with E-state index >= 15 is 0 Å². The van der Waals surface area contributed by atoms with Crippen molar-refractivity contribution in [1.29, 1.82) is 0 Å². The van der Waals surface area contributed by atoms with Gasteiger partial charge in [0.05, 0.1) is 6.10 Å². The average molecular weight is 391 g/mol. The fourth-order valence-electron chi connectivity index (χ4n) is 3.53. The molecule has 0 heterocycles. The van der Waals surface area contributed by atoms with Crippen LogP contribution in [0, 0.1) is 0 Å². The lowest BCUT2D eigenvalue weighted by Gasteiger charge is -2.12. The molecule has 0 bridgehead atoms. The zero-order valence-electron chi connectivity index (χ0n) is 17.9. The van der Waals surface area contributed by atoms with E-state index in [2.05, 4.69) is 19.1 Å². The Bertz CT molecular complexity index is 525. The van der Waals surface area contributed by atoms with Crippen LogP contribution >= 0.6 is 0 Å². The highest BCUT2D eigenvalue weighted by atomic mass is 16.3. The molecule has 1 aromatic carbocycles. The molecule has 0 fully saturated rings. The van der Waals surface area contributed by atoms with Gasteiger partial charge in [0.25, 0.3) is 0 Å². The van der Waals surface area contributed by atoms with Crippen molar-refractivity contribution in [2.24, 2.45) is 0 Å². The van der Waals surface area contributed by atoms with Crippen LogP contribution in [0.5, 0.6) is 11.5 Å². The highest BCUT2D eigenvalue weighted by molar-refractivity contribution is 5.38. The number of hydrogen-bond donors (Lipinski definition) is 3. The summed E-state index contributed by atoms with van der Waals surface area (Å²) in [6.07, 6.45) is 21.9. The first-order valence-electron chi connectivity index (χ1n) is 11.5. The van der Waals surface area contributed by atoms with Crippen molar-refractivity contribution in [2.75, 3.05) is 0 Å². The van der Waals surface area contributed by atoms with Gasteiger partial charge in [0.15, 0.2) is 0 Å². The van der Waals surface area contributed by atoms with Gasteiger partial charge in [-0.3, -0.25) is 0 Å². The van der Waals surface area contributed by atoms with Crippen molar-refractivity contribution in [3.8, 4) is 11.5 Å². The van der Waals surface area contributed by atoms with Crippen molar-refractivity contribution < 1.29 is 15.3 Å². The van der Waals surface area contributed by atoms with Crippen molar-refractivity contribution >= 4 is 0 Å². The summed E-state index contributed by atoms with van der Waals surface area (Å²) in [5, 5.41) is 29.4. The second-order valence-electron chi connectivity index (χ2n) is 8.04. The Kier molecular flexibility index (Phi) is 14.4. The van der Waals surface area contributed by atoms with E-state index in [0.29, 0.717) is 12.0 Å². The molecule has 0 aliphatic rings. The summed E-state index contributed by atoms with van der Waals surface area (Å²) in [4.78, 5) is 0. The minimum absolute atomic E-state index is 0.128. The van der Waals surface area contributed by atoms with Gasteiger partial charge in [-0.1, -0.05) is 83.3 Å². The molecule has 1 atom stereocenters. The SMILES string of the molecule is CCCC/C=C\CCCCCCCCCCC[C@H](O)Cc1cc(O)ccc1O. The molecule has 3 heteroatoms. The maximum Gasteiger partial charge on any atom is 0.119 e. The Labute approximate surface area is 172 Å². The van der Waals surface area contributed by atoms with E-state index in [-0.39, 0.29) is 11.5 Å². The quantitative estimate of drug-likeness (QED) is 0.152. The van der Waals surface area contributed by atoms with Gasteiger partial charge < -0.3 is 15.3 Å². The van der Waals surface area contributed by atoms with E-state index in [1.54, 1.807) is 0 Å². The van der Waals surface area contributed by atoms with Crippen molar-refractivity contribution in [3.05, 3.63) is 35.9 Å². The van der Waals surface area contributed by atoms with Crippen LogP contribution in [0.1, 0.15) is 102 Å². The smallest absolute Gasteiger partial charge is 0.119 e. The number of unbranched alkanes of at least 4 members (excludes halogenated alkanes) is 11. The van der Waals surface area contributed by atoms with Crippen LogP contribution in [0.3, 0.4) is 0 Å². The first kappa shape index (κ1) is 24.6. The molecular formula is C25H42O3. The highest BCUT2D eigenvalue weighted by Gasteiger charge is 2.09. The molecule has 160 valence electrons. The molecule has 0 unspecified atom stereocenters. The molecule has 0 saturated carbocycles. The van der Waals surface area contributed by atoms with Gasteiger partial charge in [0.2, 0.25) is 0 Å². The summed E-state index contributed by atoms with van der Waals surface area (Å²) in [6, 6.07) is 4.46. The number of aliphatic hydroxyl groups is 1. The third-order valence-corrected chi connectivity index (χ3v) is 5.32. The monoisotopic (exact) mass is 390 g/mol. The molecule has 0 aromatic heterocycles. The lowest BCUT2D eigenvalue weighted by molar-refractivity contribution is 0.160. The van der Waals surface area contributed by atoms with E-state index < -0.39 is 6.10 Å². The summed E-state index contributed by atoms with van der Waals surface area (Å²) in [7, 11) is 0. The molecule has 0 spiro atoms. The van der Waals surface area contributed by atoms with Gasteiger partial charge in [-0.25, -0.2) is 0 Å². The standard InChI is InChI=1S/C25H42O3/c1-2-3-4-5-6-7-8-9-10-11-12-13-14-15-16-17-23(26)20-22-21-24(27)18-19-25(22)28/h5-6,18-19,21,23,26-28H,2-4,7-17,20H2,1H3/b6-5-/t23-/m0/s1. The zero-order valence-corrected chi connectivity index (χ0v) is 17.9. The van der Waals surface area contributed by atoms with E-state index in [0.717, 1.165) is 19.3 Å². The van der Waals surface area contributed by atoms with Crippen LogP contribution in [-0.4, -0.2) is 21.4 Å². The highest BCUT2D eigenvalue weighted by Crippen LogP contribution is 2.24. The minimum atomic E-state index is -0.455. The summed E-state index contributed by atoms with van der Waals surface area (Å²) < 4.78 is 0. The zero-order chi connectivity index (χ0) is 20.5. The van der Waals surface area contributed by atoms with Gasteiger partial charge in [0.1, 0.15) is 11.5 Å². The first-order chi connectivity index (χ1) is 13.6. The van der Waals surface area contributed by atoms with E-state index in [4.69, 9.17) is 0 Å². The number of phenolic OH excluding ortho intramolecular Hbond substituents is 2. The van der Waals surface area contributed by atoms with E-state index in [9.17, 15) is 15.3 Å². The molecular weight excluding hydrogens is 348 g/mol. The molecule has 0 aliphatic heterocycles. The van der Waals surface area contributed by atoms with Gasteiger partial charge in [-0.2, -0.15) is 0 Å². The third-order valence-electron chi connectivity index (χ3n) is 5.32. The molecule has 0 radical (unpaired) electrons. The summed E-state index contributed by atoms with van der Waals surface area (Å²) in [5.41, 5.74) is 0.615. The number of aliphatic hydroxyl groups excluding tert-OH is 1. The Morgan fingerprint density at radius 1 is 0.786 bits per heavy atom. The summed E-state index contributed by atoms with van der Waals surface area (Å²) in [6.45, 7) is 2.24. The lowest BCUT2D eigenvalue weighted by Crippen LogP contribution is -2.10. The number of rotatable bonds is 17. The van der Waals surface area contributed by atoms with Crippen molar-refractivity contribution in [2.45, 2.75) is 109 Å². The minimum Gasteiger partial charge on any atom is -0.508 e. The third kappa shape index (κ3) is 12.8. The predicted molar refractivity (Wildman–Crippen MR) is 119 cm³/mol. The van der Waals surface area contributed by atoms with Gasteiger partial charge in [-0.15, -0.1) is 0 Å². The Morgan fingerprint density at radius 3 is 2.00 bits per heavy atom. The second-order valence-corrected chi connectivity index (χ2v) is 8.04. The largest absolute Gasteiger partial charge is 0.508 e. The van der Waals surface area contributed by atoms with Crippen LogP contribution < -0.4 is 0 Å². The van der Waals surface area contributed by atoms with Gasteiger partial charge in [0, 0.05) is 12.0 Å². The molecule has 3 N–H and O–H groups in total. The Hall–Kier alpha value is -1.48. The first-order valence-corrected chi connectivity index (χ1v) is 11.5.